The van der Waals surface area contributed by atoms with Crippen molar-refractivity contribution in [2.75, 3.05) is 31.8 Å². The number of aliphatic hydroxyl groups excluding tert-OH is 1. The number of benzene rings is 1. The van der Waals surface area contributed by atoms with Crippen molar-refractivity contribution in [1.82, 2.24) is 9.80 Å². The van der Waals surface area contributed by atoms with Gasteiger partial charge in [-0.25, -0.2) is 4.79 Å². The van der Waals surface area contributed by atoms with Gasteiger partial charge in [-0.1, -0.05) is 0 Å². The number of nitrogens with zero attached hydrogens (tertiary/aromatic N) is 2. The number of urea groups is 1. The van der Waals surface area contributed by atoms with Crippen LogP contribution in [0.15, 0.2) is 18.2 Å². The Labute approximate surface area is 186 Å². The zero-order valence-corrected chi connectivity index (χ0v) is 18.5. The van der Waals surface area contributed by atoms with Gasteiger partial charge in [-0.2, -0.15) is 0 Å². The van der Waals surface area contributed by atoms with Crippen molar-refractivity contribution in [1.29, 1.82) is 0 Å². The molecule has 0 saturated carbocycles. The number of anilines is 1. The molecule has 1 spiro atoms. The molecular weight excluding hydrogens is 418 g/mol. The number of esters is 1. The monoisotopic (exact) mass is 447 g/mol. The van der Waals surface area contributed by atoms with Gasteiger partial charge >= 0.3 is 12.0 Å². The van der Waals surface area contributed by atoms with Crippen LogP contribution in [-0.4, -0.2) is 77.0 Å². The van der Waals surface area contributed by atoms with Gasteiger partial charge < -0.3 is 34.4 Å². The third-order valence-corrected chi connectivity index (χ3v) is 6.46. The number of aliphatic hydroxyl groups is 1. The van der Waals surface area contributed by atoms with Crippen LogP contribution in [0.2, 0.25) is 0 Å². The highest BCUT2D eigenvalue weighted by Gasteiger charge is 2.63. The summed E-state index contributed by atoms with van der Waals surface area (Å²) in [5, 5.41) is 13.5. The fourth-order valence-electron chi connectivity index (χ4n) is 5.12. The molecule has 1 aromatic rings. The Morgan fingerprint density at radius 2 is 1.94 bits per heavy atom. The van der Waals surface area contributed by atoms with E-state index in [2.05, 4.69) is 5.32 Å². The Balaban J connectivity index is 1.49. The molecule has 174 valence electrons. The molecule has 0 unspecified atom stereocenters. The maximum Gasteiger partial charge on any atom is 0.321 e. The molecule has 4 rings (SSSR count). The molecule has 2 atom stereocenters. The number of ether oxygens (including phenoxy) is 3. The number of nitrogens with one attached hydrogen (secondary N) is 1. The third-order valence-electron chi connectivity index (χ3n) is 6.46. The van der Waals surface area contributed by atoms with Crippen molar-refractivity contribution >= 4 is 23.6 Å². The molecule has 2 saturated heterocycles. The topological polar surface area (TPSA) is 118 Å². The SMILES string of the molecule is CCOC(=O)[C@H]1[C@@H](O)C(=O)N(C(C)C)C12CCN(C(=O)Nc1ccc3c(c1)OCO3)CC2. The van der Waals surface area contributed by atoms with E-state index in [4.69, 9.17) is 14.2 Å². The Morgan fingerprint density at radius 3 is 2.59 bits per heavy atom. The first kappa shape index (κ1) is 22.2. The lowest BCUT2D eigenvalue weighted by molar-refractivity contribution is -0.156. The molecule has 3 heterocycles. The van der Waals surface area contributed by atoms with Crippen LogP contribution >= 0.6 is 0 Å². The molecule has 0 radical (unpaired) electrons. The summed E-state index contributed by atoms with van der Waals surface area (Å²) in [6.45, 7) is 6.39. The lowest BCUT2D eigenvalue weighted by Gasteiger charge is -2.48. The number of rotatable bonds is 4. The van der Waals surface area contributed by atoms with E-state index in [1.807, 2.05) is 13.8 Å². The van der Waals surface area contributed by atoms with Crippen molar-refractivity contribution in [3.8, 4) is 11.5 Å². The second-order valence-corrected chi connectivity index (χ2v) is 8.57. The lowest BCUT2D eigenvalue weighted by Crippen LogP contribution is -2.60. The van der Waals surface area contributed by atoms with Gasteiger partial charge in [-0.05, 0) is 45.7 Å². The molecule has 0 bridgehead atoms. The summed E-state index contributed by atoms with van der Waals surface area (Å²) < 4.78 is 15.8. The van der Waals surface area contributed by atoms with E-state index in [1.54, 1.807) is 34.9 Å². The summed E-state index contributed by atoms with van der Waals surface area (Å²) in [6, 6.07) is 4.69. The average Bonchev–Trinajstić information content (AvgIpc) is 3.29. The van der Waals surface area contributed by atoms with Gasteiger partial charge in [0.15, 0.2) is 11.5 Å². The fourth-order valence-corrected chi connectivity index (χ4v) is 5.12. The summed E-state index contributed by atoms with van der Waals surface area (Å²) in [4.78, 5) is 41.7. The molecule has 0 aromatic heterocycles. The van der Waals surface area contributed by atoms with Crippen LogP contribution in [0.5, 0.6) is 11.5 Å². The zero-order valence-electron chi connectivity index (χ0n) is 18.5. The maximum absolute atomic E-state index is 12.9. The Bertz CT molecular complexity index is 911. The highest BCUT2D eigenvalue weighted by molar-refractivity contribution is 5.93. The predicted molar refractivity (Wildman–Crippen MR) is 113 cm³/mol. The van der Waals surface area contributed by atoms with Crippen LogP contribution in [0.3, 0.4) is 0 Å². The standard InChI is InChI=1S/C22H29N3O7/c1-4-30-20(28)17-18(26)19(27)25(13(2)3)22(17)7-9-24(10-8-22)21(29)23-14-5-6-15-16(11-14)32-12-31-15/h5-6,11,13,17-18,26H,4,7-10,12H2,1-3H3,(H,23,29)/t17-,18-/m1/s1. The maximum atomic E-state index is 12.9. The van der Waals surface area contributed by atoms with Gasteiger partial charge in [-0.15, -0.1) is 0 Å². The van der Waals surface area contributed by atoms with Crippen LogP contribution in [0, 0.1) is 5.92 Å². The first-order valence-corrected chi connectivity index (χ1v) is 10.9. The minimum Gasteiger partial charge on any atom is -0.466 e. The molecule has 0 aliphatic carbocycles. The number of fused-ring (bicyclic) bond motifs is 1. The molecule has 1 aromatic carbocycles. The number of likely N-dealkylation sites (tertiary alicyclic amines) is 2. The van der Waals surface area contributed by atoms with Crippen molar-refractivity contribution < 1.29 is 33.7 Å². The molecular formula is C22H29N3O7. The second kappa shape index (κ2) is 8.50. The van der Waals surface area contributed by atoms with E-state index in [0.717, 1.165) is 0 Å². The predicted octanol–water partition coefficient (Wildman–Crippen LogP) is 1.57. The van der Waals surface area contributed by atoms with Gasteiger partial charge in [0.25, 0.3) is 5.91 Å². The average molecular weight is 447 g/mol. The van der Waals surface area contributed by atoms with E-state index in [-0.39, 0.29) is 25.5 Å². The fraction of sp³-hybridized carbons (Fsp3) is 0.591. The van der Waals surface area contributed by atoms with Crippen LogP contribution in [-0.2, 0) is 14.3 Å². The molecule has 10 heteroatoms. The van der Waals surface area contributed by atoms with Crippen molar-refractivity contribution in [2.45, 2.75) is 51.3 Å². The van der Waals surface area contributed by atoms with Gasteiger partial charge in [0.05, 0.1) is 12.1 Å². The Morgan fingerprint density at radius 1 is 1.25 bits per heavy atom. The van der Waals surface area contributed by atoms with E-state index < -0.39 is 29.4 Å². The zero-order chi connectivity index (χ0) is 23.0. The summed E-state index contributed by atoms with van der Waals surface area (Å²) in [6.07, 6.45) is -0.705. The number of hydrogen-bond donors (Lipinski definition) is 2. The molecule has 10 nitrogen and oxygen atoms in total. The molecule has 3 aliphatic rings. The van der Waals surface area contributed by atoms with Crippen LogP contribution < -0.4 is 14.8 Å². The minimum atomic E-state index is -1.44. The van der Waals surface area contributed by atoms with E-state index in [1.165, 1.54) is 0 Å². The molecule has 3 aliphatic heterocycles. The van der Waals surface area contributed by atoms with E-state index in [0.29, 0.717) is 43.1 Å². The number of carbonyl (C=O) groups is 3. The quantitative estimate of drug-likeness (QED) is 0.673. The first-order valence-electron chi connectivity index (χ1n) is 10.9. The third kappa shape index (κ3) is 3.62. The lowest BCUT2D eigenvalue weighted by atomic mass is 9.75. The van der Waals surface area contributed by atoms with Crippen molar-refractivity contribution in [3.63, 3.8) is 0 Å². The van der Waals surface area contributed by atoms with Gasteiger partial charge in [0.1, 0.15) is 12.0 Å². The summed E-state index contributed by atoms with van der Waals surface area (Å²) in [5.74, 6) is -0.808. The molecule has 2 fully saturated rings. The van der Waals surface area contributed by atoms with Gasteiger partial charge in [0, 0.05) is 30.9 Å². The Kier molecular flexibility index (Phi) is 5.89. The number of hydrogen-bond acceptors (Lipinski definition) is 7. The highest BCUT2D eigenvalue weighted by atomic mass is 16.7. The van der Waals surface area contributed by atoms with E-state index in [9.17, 15) is 19.5 Å². The van der Waals surface area contributed by atoms with E-state index >= 15 is 0 Å². The summed E-state index contributed by atoms with van der Waals surface area (Å²) >= 11 is 0. The number of carbonyl (C=O) groups excluding carboxylic acids is 3. The van der Waals surface area contributed by atoms with Crippen LogP contribution in [0.25, 0.3) is 0 Å². The summed E-state index contributed by atoms with van der Waals surface area (Å²) in [7, 11) is 0. The molecule has 32 heavy (non-hydrogen) atoms. The largest absolute Gasteiger partial charge is 0.466 e. The van der Waals surface area contributed by atoms with Gasteiger partial charge in [-0.3, -0.25) is 9.59 Å². The normalized spacial score (nSPS) is 23.7. The van der Waals surface area contributed by atoms with Crippen LogP contribution in [0.1, 0.15) is 33.6 Å². The highest BCUT2D eigenvalue weighted by Crippen LogP contribution is 2.45. The number of piperidine rings is 1. The molecule has 2 N–H and O–H groups in total. The van der Waals surface area contributed by atoms with Gasteiger partial charge in [0.2, 0.25) is 6.79 Å². The number of amides is 3. The first-order chi connectivity index (χ1) is 15.3. The summed E-state index contributed by atoms with van der Waals surface area (Å²) in [5.41, 5.74) is -0.300. The van der Waals surface area contributed by atoms with Crippen molar-refractivity contribution in [2.24, 2.45) is 5.92 Å². The van der Waals surface area contributed by atoms with Crippen molar-refractivity contribution in [3.05, 3.63) is 18.2 Å². The molecule has 3 amide bonds. The Hall–Kier alpha value is -3.01. The van der Waals surface area contributed by atoms with Crippen LogP contribution in [0.4, 0.5) is 10.5 Å². The minimum absolute atomic E-state index is 0.152. The smallest absolute Gasteiger partial charge is 0.321 e. The second-order valence-electron chi connectivity index (χ2n) is 8.57.